The number of ether oxygens (including phenoxy) is 3. The average molecular weight is 647 g/mol. The summed E-state index contributed by atoms with van der Waals surface area (Å²) >= 11 is 0.677. The molecular formula is C23H35N8O10PS. The Hall–Kier alpha value is -3.06. The van der Waals surface area contributed by atoms with E-state index >= 15 is 0 Å². The number of rotatable bonds is 12. The summed E-state index contributed by atoms with van der Waals surface area (Å²) in [7, 11) is 2.68. The van der Waals surface area contributed by atoms with Crippen LogP contribution < -0.4 is 20.9 Å². The molecule has 238 valence electrons. The summed E-state index contributed by atoms with van der Waals surface area (Å²) in [6, 6.07) is -2.70. The number of hydrogen-bond acceptors (Lipinski definition) is 15. The van der Waals surface area contributed by atoms with Crippen molar-refractivity contribution >= 4 is 53.1 Å². The van der Waals surface area contributed by atoms with Gasteiger partial charge in [0.05, 0.1) is 26.1 Å². The quantitative estimate of drug-likeness (QED) is 0.114. The third-order valence-corrected chi connectivity index (χ3v) is 10.8. The summed E-state index contributed by atoms with van der Waals surface area (Å²) in [6.07, 6.45) is -3.16. The topological polar surface area (TPSA) is 243 Å². The number of carbonyl (C=O) groups excluding carboxylic acids is 3. The first-order valence-corrected chi connectivity index (χ1v) is 16.3. The van der Waals surface area contributed by atoms with Gasteiger partial charge < -0.3 is 40.0 Å². The van der Waals surface area contributed by atoms with Gasteiger partial charge in [-0.1, -0.05) is 11.4 Å². The minimum atomic E-state index is -4.05. The zero-order valence-corrected chi connectivity index (χ0v) is 26.0. The van der Waals surface area contributed by atoms with Crippen LogP contribution in [0.15, 0.2) is 6.33 Å². The number of amides is 3. The molecule has 0 spiro atoms. The molecule has 0 bridgehead atoms. The van der Waals surface area contributed by atoms with Gasteiger partial charge in [0.15, 0.2) is 17.4 Å². The van der Waals surface area contributed by atoms with Gasteiger partial charge in [0.2, 0.25) is 11.8 Å². The zero-order chi connectivity index (χ0) is 31.9. The summed E-state index contributed by atoms with van der Waals surface area (Å²) in [6.45, 7) is 1.49. The fraction of sp³-hybridized carbons (Fsp3) is 0.652. The lowest BCUT2D eigenvalue weighted by Crippen LogP contribution is -2.44. The predicted octanol–water partition coefficient (Wildman–Crippen LogP) is -0.236. The summed E-state index contributed by atoms with van der Waals surface area (Å²) in [5.41, 5.74) is 4.27. The number of imide groups is 1. The number of nitrogens with two attached hydrogens (primary N) is 1. The first-order valence-electron chi connectivity index (χ1n) is 13.1. The molecule has 2 aromatic heterocycles. The minimum Gasteiger partial charge on any atom is -0.479 e. The lowest BCUT2D eigenvalue weighted by molar-refractivity contribution is -0.149. The van der Waals surface area contributed by atoms with Crippen LogP contribution >= 0.6 is 18.1 Å². The molecule has 2 saturated heterocycles. The zero-order valence-electron chi connectivity index (χ0n) is 24.3. The van der Waals surface area contributed by atoms with Gasteiger partial charge in [-0.05, 0) is 27.7 Å². The van der Waals surface area contributed by atoms with Gasteiger partial charge in [-0.15, -0.1) is 0 Å². The number of fused-ring (bicyclic) bond motifs is 1. The van der Waals surface area contributed by atoms with E-state index in [0.717, 1.165) is 4.90 Å². The van der Waals surface area contributed by atoms with Gasteiger partial charge in [-0.3, -0.25) is 23.6 Å². The number of aliphatic hydroxyl groups excluding tert-OH is 1. The number of nitrogens with one attached hydrogen (secondary N) is 2. The molecule has 4 heterocycles. The SMILES string of the molecule is COc1nc(N)nc2c1ncn2[C@@H]1O[C@H](CO[P@@](=O)(N[C@H](C)C(=O)OC(C)C)SC[C@H]2NC(=O)N(C)C2=O)[C@@H](O)[C@@]1(C)O. The van der Waals surface area contributed by atoms with Crippen LogP contribution in [0.5, 0.6) is 5.88 Å². The van der Waals surface area contributed by atoms with Gasteiger partial charge in [-0.2, -0.15) is 9.97 Å². The third-order valence-electron chi connectivity index (χ3n) is 6.72. The van der Waals surface area contributed by atoms with Gasteiger partial charge in [-0.25, -0.2) is 14.9 Å². The monoisotopic (exact) mass is 646 g/mol. The molecule has 0 radical (unpaired) electrons. The van der Waals surface area contributed by atoms with Crippen molar-refractivity contribution in [2.45, 2.75) is 69.9 Å². The lowest BCUT2D eigenvalue weighted by atomic mass is 9.96. The highest BCUT2D eigenvalue weighted by molar-refractivity contribution is 8.56. The standard InChI is InChI=1S/C23H35N8O10PS/c1-10(2)40-19(34)11(3)29-42(37,43-8-12-18(33)30(5)22(35)26-12)39-7-13-15(32)23(4,36)20(41-13)31-9-25-14-16(31)27-21(24)28-17(14)38-6/h9-13,15,20,32,36H,7-8H2,1-6H3,(H,26,35)(H,29,37)(H2,24,27,28)/t11-,12-,13-,15-,20-,23-,42+/m1/s1. The van der Waals surface area contributed by atoms with Gasteiger partial charge in [0.1, 0.15) is 29.9 Å². The van der Waals surface area contributed by atoms with Crippen LogP contribution in [0.25, 0.3) is 11.2 Å². The third kappa shape index (κ3) is 6.72. The number of methoxy groups -OCH3 is 1. The molecular weight excluding hydrogens is 611 g/mol. The molecule has 0 aromatic carbocycles. The van der Waals surface area contributed by atoms with E-state index in [1.54, 1.807) is 13.8 Å². The van der Waals surface area contributed by atoms with Crippen LogP contribution in [-0.4, -0.2) is 115 Å². The number of aliphatic hydroxyl groups is 2. The van der Waals surface area contributed by atoms with Crippen LogP contribution in [-0.2, 0) is 28.2 Å². The Labute approximate surface area is 250 Å². The molecule has 4 rings (SSSR count). The Morgan fingerprint density at radius 2 is 2.05 bits per heavy atom. The van der Waals surface area contributed by atoms with E-state index in [0.29, 0.717) is 11.4 Å². The largest absolute Gasteiger partial charge is 0.479 e. The fourth-order valence-corrected chi connectivity index (χ4v) is 8.29. The molecule has 43 heavy (non-hydrogen) atoms. The Balaban J connectivity index is 1.53. The van der Waals surface area contributed by atoms with Crippen LogP contribution in [0.4, 0.5) is 10.7 Å². The normalized spacial score (nSPS) is 27.9. The summed E-state index contributed by atoms with van der Waals surface area (Å²) in [5.74, 6) is -1.42. The second-order valence-corrected chi connectivity index (χ2v) is 14.8. The van der Waals surface area contributed by atoms with Crippen molar-refractivity contribution in [2.75, 3.05) is 32.3 Å². The number of carbonyl (C=O) groups is 3. The van der Waals surface area contributed by atoms with Gasteiger partial charge >= 0.3 is 18.7 Å². The Morgan fingerprint density at radius 3 is 2.65 bits per heavy atom. The number of imidazole rings is 1. The van der Waals surface area contributed by atoms with Crippen molar-refractivity contribution in [3.63, 3.8) is 0 Å². The second kappa shape index (κ2) is 12.5. The molecule has 2 aromatic rings. The molecule has 0 saturated carbocycles. The van der Waals surface area contributed by atoms with E-state index in [2.05, 4.69) is 25.4 Å². The molecule has 0 aliphatic carbocycles. The van der Waals surface area contributed by atoms with Gasteiger partial charge in [0.25, 0.3) is 5.91 Å². The predicted molar refractivity (Wildman–Crippen MR) is 152 cm³/mol. The van der Waals surface area contributed by atoms with Crippen molar-refractivity contribution in [1.29, 1.82) is 0 Å². The molecule has 3 amide bonds. The van der Waals surface area contributed by atoms with E-state index < -0.39 is 73.5 Å². The maximum Gasteiger partial charge on any atom is 0.327 e. The van der Waals surface area contributed by atoms with Crippen molar-refractivity contribution in [3.05, 3.63) is 6.33 Å². The molecule has 20 heteroatoms. The highest BCUT2D eigenvalue weighted by atomic mass is 32.7. The number of nitrogens with zero attached hydrogens (tertiary/aromatic N) is 5. The van der Waals surface area contributed by atoms with E-state index in [-0.39, 0.29) is 28.7 Å². The van der Waals surface area contributed by atoms with Crippen molar-refractivity contribution in [3.8, 4) is 5.88 Å². The average Bonchev–Trinajstić information content (AvgIpc) is 3.53. The van der Waals surface area contributed by atoms with Crippen LogP contribution in [0.2, 0.25) is 0 Å². The fourth-order valence-electron chi connectivity index (χ4n) is 4.43. The molecule has 6 N–H and O–H groups in total. The molecule has 2 fully saturated rings. The van der Waals surface area contributed by atoms with Crippen molar-refractivity contribution in [1.82, 2.24) is 34.8 Å². The second-order valence-electron chi connectivity index (χ2n) is 10.4. The highest BCUT2D eigenvalue weighted by Crippen LogP contribution is 2.57. The maximum absolute atomic E-state index is 14.0. The van der Waals surface area contributed by atoms with E-state index in [9.17, 15) is 29.2 Å². The molecule has 7 atom stereocenters. The number of nitrogen functional groups attached to an aromatic ring is 1. The molecule has 2 aliphatic rings. The highest BCUT2D eigenvalue weighted by Gasteiger charge is 2.54. The minimum absolute atomic E-state index is 0.0941. The Morgan fingerprint density at radius 1 is 1.35 bits per heavy atom. The van der Waals surface area contributed by atoms with E-state index in [4.69, 9.17) is 24.5 Å². The van der Waals surface area contributed by atoms with Gasteiger partial charge in [0, 0.05) is 12.8 Å². The summed E-state index contributed by atoms with van der Waals surface area (Å²) in [5, 5.41) is 27.4. The van der Waals surface area contributed by atoms with Crippen molar-refractivity contribution < 1.29 is 47.9 Å². The van der Waals surface area contributed by atoms with Crippen LogP contribution in [0.1, 0.15) is 33.9 Å². The molecule has 18 nitrogen and oxygen atoms in total. The lowest BCUT2D eigenvalue weighted by Gasteiger charge is -2.27. The van der Waals surface area contributed by atoms with Crippen LogP contribution in [0, 0.1) is 0 Å². The smallest absolute Gasteiger partial charge is 0.327 e. The first kappa shape index (κ1) is 32.8. The summed E-state index contributed by atoms with van der Waals surface area (Å²) in [4.78, 5) is 49.9. The number of esters is 1. The Bertz CT molecular complexity index is 1440. The Kier molecular flexibility index (Phi) is 9.55. The van der Waals surface area contributed by atoms with E-state index in [1.807, 2.05) is 0 Å². The molecule has 2 aliphatic heterocycles. The maximum atomic E-state index is 14.0. The molecule has 0 unspecified atom stereocenters. The van der Waals surface area contributed by atoms with E-state index in [1.165, 1.54) is 38.9 Å². The summed E-state index contributed by atoms with van der Waals surface area (Å²) < 4.78 is 37.4. The number of hydrogen-bond donors (Lipinski definition) is 5. The van der Waals surface area contributed by atoms with Crippen molar-refractivity contribution in [2.24, 2.45) is 0 Å². The number of urea groups is 1. The number of likely N-dealkylation sites (N-methyl/N-ethyl adjacent to an activating group) is 1. The number of anilines is 1. The first-order chi connectivity index (χ1) is 20.1. The number of aromatic nitrogens is 4. The van der Waals surface area contributed by atoms with Crippen LogP contribution in [0.3, 0.4) is 0 Å².